The zero-order valence-electron chi connectivity index (χ0n) is 9.60. The van der Waals surface area contributed by atoms with Crippen LogP contribution in [0.15, 0.2) is 36.7 Å². The van der Waals surface area contributed by atoms with Crippen LogP contribution in [0.5, 0.6) is 5.75 Å². The third kappa shape index (κ3) is 2.60. The molecule has 0 aliphatic rings. The Hall–Kier alpha value is -1.65. The van der Waals surface area contributed by atoms with Gasteiger partial charge in [-0.05, 0) is 24.3 Å². The second-order valence-electron chi connectivity index (χ2n) is 3.73. The maximum atomic E-state index is 13.6. The summed E-state index contributed by atoms with van der Waals surface area (Å²) in [5, 5.41) is 10.5. The molecule has 1 unspecified atom stereocenters. The standard InChI is InChI=1S/C13H11ClFNO2/c1-18-10-4-8(6-16-7-10)13(17)11-5-9(14)2-3-12(11)15/h2-7,13,17H,1H3. The van der Waals surface area contributed by atoms with Crippen LogP contribution in [0.1, 0.15) is 17.2 Å². The van der Waals surface area contributed by atoms with E-state index in [1.165, 1.54) is 37.7 Å². The second kappa shape index (κ2) is 5.33. The zero-order chi connectivity index (χ0) is 13.1. The number of ether oxygens (including phenoxy) is 1. The van der Waals surface area contributed by atoms with Crippen molar-refractivity contribution in [3.05, 3.63) is 58.6 Å². The molecule has 1 heterocycles. The van der Waals surface area contributed by atoms with Gasteiger partial charge in [-0.2, -0.15) is 0 Å². The Morgan fingerprint density at radius 3 is 2.83 bits per heavy atom. The molecule has 0 radical (unpaired) electrons. The molecule has 1 aromatic carbocycles. The first-order chi connectivity index (χ1) is 8.61. The number of pyridine rings is 1. The second-order valence-corrected chi connectivity index (χ2v) is 4.16. The lowest BCUT2D eigenvalue weighted by Gasteiger charge is -2.13. The van der Waals surface area contributed by atoms with Crippen LogP contribution in [0.3, 0.4) is 0 Å². The fourth-order valence-electron chi connectivity index (χ4n) is 1.60. The Labute approximate surface area is 109 Å². The average molecular weight is 268 g/mol. The summed E-state index contributed by atoms with van der Waals surface area (Å²) in [5.41, 5.74) is 0.549. The molecule has 94 valence electrons. The van der Waals surface area contributed by atoms with Gasteiger partial charge < -0.3 is 9.84 Å². The van der Waals surface area contributed by atoms with Crippen molar-refractivity contribution in [2.45, 2.75) is 6.10 Å². The first kappa shape index (κ1) is 12.8. The van der Waals surface area contributed by atoms with Crippen LogP contribution < -0.4 is 4.74 Å². The number of methoxy groups -OCH3 is 1. The fourth-order valence-corrected chi connectivity index (χ4v) is 1.78. The zero-order valence-corrected chi connectivity index (χ0v) is 10.4. The van der Waals surface area contributed by atoms with E-state index in [9.17, 15) is 9.50 Å². The first-order valence-electron chi connectivity index (χ1n) is 5.24. The molecule has 0 aliphatic carbocycles. The van der Waals surface area contributed by atoms with E-state index in [1.54, 1.807) is 6.07 Å². The molecule has 0 fully saturated rings. The van der Waals surface area contributed by atoms with Crippen LogP contribution in [0.25, 0.3) is 0 Å². The van der Waals surface area contributed by atoms with Crippen molar-refractivity contribution in [3.63, 3.8) is 0 Å². The maximum Gasteiger partial charge on any atom is 0.137 e. The number of rotatable bonds is 3. The maximum absolute atomic E-state index is 13.6. The molecule has 0 saturated heterocycles. The van der Waals surface area contributed by atoms with Crippen LogP contribution in [-0.2, 0) is 0 Å². The summed E-state index contributed by atoms with van der Waals surface area (Å²) >= 11 is 5.79. The number of halogens is 2. The molecule has 0 amide bonds. The number of nitrogens with zero attached hydrogens (tertiary/aromatic N) is 1. The Kier molecular flexibility index (Phi) is 3.79. The van der Waals surface area contributed by atoms with Crippen LogP contribution in [0.2, 0.25) is 5.02 Å². The Morgan fingerprint density at radius 2 is 2.11 bits per heavy atom. The van der Waals surface area contributed by atoms with Gasteiger partial charge in [0.15, 0.2) is 0 Å². The summed E-state index contributed by atoms with van der Waals surface area (Å²) in [7, 11) is 1.49. The van der Waals surface area contributed by atoms with Gasteiger partial charge in [0, 0.05) is 22.3 Å². The summed E-state index contributed by atoms with van der Waals surface area (Å²) in [5.74, 6) is -0.0243. The summed E-state index contributed by atoms with van der Waals surface area (Å²) in [4.78, 5) is 3.91. The van der Waals surface area contributed by atoms with E-state index in [1.807, 2.05) is 0 Å². The monoisotopic (exact) mass is 267 g/mol. The molecule has 3 nitrogen and oxygen atoms in total. The van der Waals surface area contributed by atoms with Gasteiger partial charge >= 0.3 is 0 Å². The van der Waals surface area contributed by atoms with Crippen LogP contribution in [0.4, 0.5) is 4.39 Å². The predicted octanol–water partition coefficient (Wildman–Crippen LogP) is 2.96. The van der Waals surface area contributed by atoms with E-state index in [4.69, 9.17) is 16.3 Å². The predicted molar refractivity (Wildman–Crippen MR) is 66.3 cm³/mol. The SMILES string of the molecule is COc1cncc(C(O)c2cc(Cl)ccc2F)c1. The molecule has 18 heavy (non-hydrogen) atoms. The van der Waals surface area contributed by atoms with Gasteiger partial charge in [-0.1, -0.05) is 11.6 Å². The lowest BCUT2D eigenvalue weighted by molar-refractivity contribution is 0.214. The topological polar surface area (TPSA) is 42.4 Å². The molecule has 0 spiro atoms. The smallest absolute Gasteiger partial charge is 0.137 e. The van der Waals surface area contributed by atoms with Crippen molar-refractivity contribution >= 4 is 11.6 Å². The van der Waals surface area contributed by atoms with Gasteiger partial charge in [0.05, 0.1) is 13.3 Å². The molecule has 1 atom stereocenters. The number of benzene rings is 1. The normalized spacial score (nSPS) is 12.2. The molecule has 0 saturated carbocycles. The number of aliphatic hydroxyl groups excluding tert-OH is 1. The summed E-state index contributed by atoms with van der Waals surface area (Å²) in [6.45, 7) is 0. The summed E-state index contributed by atoms with van der Waals surface area (Å²) in [6, 6.07) is 5.63. The molecular weight excluding hydrogens is 257 g/mol. The lowest BCUT2D eigenvalue weighted by atomic mass is 10.0. The highest BCUT2D eigenvalue weighted by Gasteiger charge is 2.16. The molecule has 0 aliphatic heterocycles. The molecule has 5 heteroatoms. The Balaban J connectivity index is 2.40. The van der Waals surface area contributed by atoms with E-state index in [0.717, 1.165) is 0 Å². The van der Waals surface area contributed by atoms with Crippen molar-refractivity contribution in [2.75, 3.05) is 7.11 Å². The Morgan fingerprint density at radius 1 is 1.33 bits per heavy atom. The molecule has 1 aromatic heterocycles. The van der Waals surface area contributed by atoms with E-state index in [-0.39, 0.29) is 5.56 Å². The van der Waals surface area contributed by atoms with Gasteiger partial charge in [0.25, 0.3) is 0 Å². The minimum absolute atomic E-state index is 0.109. The molecule has 0 bridgehead atoms. The third-order valence-electron chi connectivity index (χ3n) is 2.54. The highest BCUT2D eigenvalue weighted by Crippen LogP contribution is 2.27. The van der Waals surface area contributed by atoms with Gasteiger partial charge in [-0.3, -0.25) is 4.98 Å². The lowest BCUT2D eigenvalue weighted by Crippen LogP contribution is -2.03. The number of hydrogen-bond acceptors (Lipinski definition) is 3. The number of aliphatic hydroxyl groups is 1. The van der Waals surface area contributed by atoms with Gasteiger partial charge in [0.2, 0.25) is 0 Å². The summed E-state index contributed by atoms with van der Waals surface area (Å²) < 4.78 is 18.6. The van der Waals surface area contributed by atoms with E-state index in [2.05, 4.69) is 4.98 Å². The van der Waals surface area contributed by atoms with E-state index < -0.39 is 11.9 Å². The Bertz CT molecular complexity index is 562. The van der Waals surface area contributed by atoms with Crippen molar-refractivity contribution in [2.24, 2.45) is 0 Å². The number of aromatic nitrogens is 1. The highest BCUT2D eigenvalue weighted by molar-refractivity contribution is 6.30. The average Bonchev–Trinajstić information content (AvgIpc) is 2.41. The van der Waals surface area contributed by atoms with E-state index >= 15 is 0 Å². The van der Waals surface area contributed by atoms with Gasteiger partial charge in [0.1, 0.15) is 17.7 Å². The number of hydrogen-bond donors (Lipinski definition) is 1. The van der Waals surface area contributed by atoms with Gasteiger partial charge in [-0.15, -0.1) is 0 Å². The minimum Gasteiger partial charge on any atom is -0.495 e. The van der Waals surface area contributed by atoms with Gasteiger partial charge in [-0.25, -0.2) is 4.39 Å². The van der Waals surface area contributed by atoms with Crippen molar-refractivity contribution in [3.8, 4) is 5.75 Å². The van der Waals surface area contributed by atoms with Crippen molar-refractivity contribution in [1.82, 2.24) is 4.98 Å². The highest BCUT2D eigenvalue weighted by atomic mass is 35.5. The quantitative estimate of drug-likeness (QED) is 0.930. The molecule has 1 N–H and O–H groups in total. The van der Waals surface area contributed by atoms with E-state index in [0.29, 0.717) is 16.3 Å². The van der Waals surface area contributed by atoms with Crippen LogP contribution in [-0.4, -0.2) is 17.2 Å². The molecule has 2 rings (SSSR count). The fraction of sp³-hybridized carbons (Fsp3) is 0.154. The van der Waals surface area contributed by atoms with Crippen LogP contribution in [0, 0.1) is 5.82 Å². The summed E-state index contributed by atoms with van der Waals surface area (Å²) in [6.07, 6.45) is 1.82. The molecule has 2 aromatic rings. The first-order valence-corrected chi connectivity index (χ1v) is 5.61. The van der Waals surface area contributed by atoms with Crippen molar-refractivity contribution in [1.29, 1.82) is 0 Å². The van der Waals surface area contributed by atoms with Crippen LogP contribution >= 0.6 is 11.6 Å². The minimum atomic E-state index is -1.13. The molecular formula is C13H11ClFNO2. The largest absolute Gasteiger partial charge is 0.495 e. The third-order valence-corrected chi connectivity index (χ3v) is 2.77. The van der Waals surface area contributed by atoms with Crippen molar-refractivity contribution < 1.29 is 14.2 Å².